The number of amides is 2. The average Bonchev–Trinajstić information content (AvgIpc) is 2.62. The lowest BCUT2D eigenvalue weighted by Crippen LogP contribution is -2.38. The Balaban J connectivity index is 1.80. The number of carbonyl (C=O) groups excluding carboxylic acids is 2. The summed E-state index contributed by atoms with van der Waals surface area (Å²) in [6.07, 6.45) is 3.73. The second-order valence-corrected chi connectivity index (χ2v) is 6.33. The number of methoxy groups -OCH3 is 1. The highest BCUT2D eigenvalue weighted by atomic mass is 16.5. The summed E-state index contributed by atoms with van der Waals surface area (Å²) in [5.74, 6) is 0.814. The Morgan fingerprint density at radius 1 is 1.21 bits per heavy atom. The van der Waals surface area contributed by atoms with Crippen LogP contribution < -0.4 is 5.32 Å². The number of benzene rings is 1. The lowest BCUT2D eigenvalue weighted by atomic mass is 9.90. The molecular formula is C19H28N2O3. The quantitative estimate of drug-likeness (QED) is 0.779. The predicted octanol–water partition coefficient (Wildman–Crippen LogP) is 2.25. The predicted molar refractivity (Wildman–Crippen MR) is 94.0 cm³/mol. The molecule has 0 spiro atoms. The molecular weight excluding hydrogens is 304 g/mol. The van der Waals surface area contributed by atoms with E-state index in [0.29, 0.717) is 31.1 Å². The molecule has 0 radical (unpaired) electrons. The van der Waals surface area contributed by atoms with Crippen molar-refractivity contribution in [2.75, 3.05) is 33.4 Å². The molecule has 1 aromatic carbocycles. The molecule has 0 aliphatic carbocycles. The normalized spacial score (nSPS) is 15.3. The Bertz CT molecular complexity index is 534. The van der Waals surface area contributed by atoms with E-state index in [4.69, 9.17) is 4.74 Å². The fourth-order valence-corrected chi connectivity index (χ4v) is 3.10. The van der Waals surface area contributed by atoms with E-state index in [1.54, 1.807) is 7.11 Å². The summed E-state index contributed by atoms with van der Waals surface area (Å²) in [6, 6.07) is 7.84. The molecule has 2 rings (SSSR count). The van der Waals surface area contributed by atoms with E-state index >= 15 is 0 Å². The second-order valence-electron chi connectivity index (χ2n) is 6.33. The van der Waals surface area contributed by atoms with Crippen LogP contribution in [-0.2, 0) is 16.0 Å². The Kier molecular flexibility index (Phi) is 7.25. The topological polar surface area (TPSA) is 58.6 Å². The lowest BCUT2D eigenvalue weighted by molar-refractivity contribution is -0.132. The number of likely N-dealkylation sites (tertiary alicyclic amines) is 1. The Morgan fingerprint density at radius 3 is 2.46 bits per heavy atom. The summed E-state index contributed by atoms with van der Waals surface area (Å²) in [5, 5.41) is 2.82. The van der Waals surface area contributed by atoms with Gasteiger partial charge in [0.05, 0.1) is 6.61 Å². The molecule has 0 aromatic heterocycles. The molecule has 132 valence electrons. The van der Waals surface area contributed by atoms with Crippen molar-refractivity contribution in [3.8, 4) is 0 Å². The van der Waals surface area contributed by atoms with Gasteiger partial charge in [-0.2, -0.15) is 0 Å². The van der Waals surface area contributed by atoms with Gasteiger partial charge in [-0.25, -0.2) is 0 Å². The summed E-state index contributed by atoms with van der Waals surface area (Å²) >= 11 is 0. The largest absolute Gasteiger partial charge is 0.383 e. The van der Waals surface area contributed by atoms with Gasteiger partial charge in [-0.3, -0.25) is 9.59 Å². The first-order chi connectivity index (χ1) is 11.6. The number of carbonyl (C=O) groups is 2. The minimum absolute atomic E-state index is 0.0648. The molecule has 0 saturated carbocycles. The van der Waals surface area contributed by atoms with Gasteiger partial charge in [0.2, 0.25) is 5.91 Å². The van der Waals surface area contributed by atoms with Gasteiger partial charge < -0.3 is 15.0 Å². The second kappa shape index (κ2) is 9.42. The van der Waals surface area contributed by atoms with Gasteiger partial charge in [0.1, 0.15) is 0 Å². The highest BCUT2D eigenvalue weighted by molar-refractivity contribution is 5.94. The molecule has 1 saturated heterocycles. The minimum atomic E-state index is -0.0648. The summed E-state index contributed by atoms with van der Waals surface area (Å²) in [5.41, 5.74) is 1.93. The third-order valence-corrected chi connectivity index (χ3v) is 4.60. The fraction of sp³-hybridized carbons (Fsp3) is 0.579. The first-order valence-electron chi connectivity index (χ1n) is 8.78. The molecule has 2 amide bonds. The Hall–Kier alpha value is -1.88. The molecule has 1 heterocycles. The fourth-order valence-electron chi connectivity index (χ4n) is 3.10. The van der Waals surface area contributed by atoms with Gasteiger partial charge in [0.15, 0.2) is 0 Å². The number of hydrogen-bond acceptors (Lipinski definition) is 3. The molecule has 5 nitrogen and oxygen atoms in total. The molecule has 1 fully saturated rings. The number of ether oxygens (including phenoxy) is 1. The van der Waals surface area contributed by atoms with Gasteiger partial charge in [-0.1, -0.05) is 19.1 Å². The standard InChI is InChI=1S/C19H28N2O3/c1-3-18(22)21-11-8-16(9-12-21)14-15-4-6-17(7-5-15)19(23)20-10-13-24-2/h4-7,16H,3,8-14H2,1-2H3,(H,20,23). The van der Waals surface area contributed by atoms with E-state index in [1.165, 1.54) is 5.56 Å². The van der Waals surface area contributed by atoms with Gasteiger partial charge in [-0.05, 0) is 42.9 Å². The van der Waals surface area contributed by atoms with E-state index in [9.17, 15) is 9.59 Å². The van der Waals surface area contributed by atoms with Crippen molar-refractivity contribution in [2.24, 2.45) is 5.92 Å². The van der Waals surface area contributed by atoms with Crippen molar-refractivity contribution < 1.29 is 14.3 Å². The summed E-state index contributed by atoms with van der Waals surface area (Å²) in [4.78, 5) is 25.6. The SMILES string of the molecule is CCC(=O)N1CCC(Cc2ccc(C(=O)NCCOC)cc2)CC1. The number of nitrogens with zero attached hydrogens (tertiary/aromatic N) is 1. The van der Waals surface area contributed by atoms with Crippen molar-refractivity contribution >= 4 is 11.8 Å². The Labute approximate surface area is 144 Å². The van der Waals surface area contributed by atoms with Gasteiger partial charge in [0, 0.05) is 38.7 Å². The molecule has 0 atom stereocenters. The van der Waals surface area contributed by atoms with Gasteiger partial charge >= 0.3 is 0 Å². The maximum atomic E-state index is 11.9. The van der Waals surface area contributed by atoms with Crippen LogP contribution in [0.2, 0.25) is 0 Å². The maximum Gasteiger partial charge on any atom is 0.251 e. The number of hydrogen-bond donors (Lipinski definition) is 1. The van der Waals surface area contributed by atoms with Crippen LogP contribution in [0.5, 0.6) is 0 Å². The zero-order valence-corrected chi connectivity index (χ0v) is 14.7. The Morgan fingerprint density at radius 2 is 1.88 bits per heavy atom. The van der Waals surface area contributed by atoms with Crippen LogP contribution in [0.1, 0.15) is 42.1 Å². The van der Waals surface area contributed by atoms with E-state index in [2.05, 4.69) is 5.32 Å². The maximum absolute atomic E-state index is 11.9. The minimum Gasteiger partial charge on any atom is -0.383 e. The summed E-state index contributed by atoms with van der Waals surface area (Å²) in [6.45, 7) is 4.70. The molecule has 1 aliphatic rings. The van der Waals surface area contributed by atoms with E-state index < -0.39 is 0 Å². The van der Waals surface area contributed by atoms with Crippen LogP contribution in [0.15, 0.2) is 24.3 Å². The molecule has 5 heteroatoms. The van der Waals surface area contributed by atoms with Gasteiger partial charge in [-0.15, -0.1) is 0 Å². The van der Waals surface area contributed by atoms with Crippen LogP contribution in [0, 0.1) is 5.92 Å². The van der Waals surface area contributed by atoms with Crippen LogP contribution in [0.3, 0.4) is 0 Å². The van der Waals surface area contributed by atoms with Crippen molar-refractivity contribution in [1.82, 2.24) is 10.2 Å². The zero-order chi connectivity index (χ0) is 17.4. The first kappa shape index (κ1) is 18.5. The lowest BCUT2D eigenvalue weighted by Gasteiger charge is -2.32. The van der Waals surface area contributed by atoms with E-state index in [1.807, 2.05) is 36.1 Å². The molecule has 1 aromatic rings. The average molecular weight is 332 g/mol. The van der Waals surface area contributed by atoms with Crippen molar-refractivity contribution in [2.45, 2.75) is 32.6 Å². The summed E-state index contributed by atoms with van der Waals surface area (Å²) in [7, 11) is 1.61. The van der Waals surface area contributed by atoms with Crippen molar-refractivity contribution in [3.63, 3.8) is 0 Å². The number of rotatable bonds is 7. The van der Waals surface area contributed by atoms with E-state index in [0.717, 1.165) is 32.4 Å². The number of piperidine rings is 1. The van der Waals surface area contributed by atoms with Crippen LogP contribution in [-0.4, -0.2) is 50.1 Å². The smallest absolute Gasteiger partial charge is 0.251 e. The van der Waals surface area contributed by atoms with Crippen molar-refractivity contribution in [3.05, 3.63) is 35.4 Å². The van der Waals surface area contributed by atoms with Crippen LogP contribution >= 0.6 is 0 Å². The van der Waals surface area contributed by atoms with Gasteiger partial charge in [0.25, 0.3) is 5.91 Å². The number of nitrogens with one attached hydrogen (secondary N) is 1. The highest BCUT2D eigenvalue weighted by Crippen LogP contribution is 2.22. The zero-order valence-electron chi connectivity index (χ0n) is 14.7. The monoisotopic (exact) mass is 332 g/mol. The molecule has 0 unspecified atom stereocenters. The third-order valence-electron chi connectivity index (χ3n) is 4.60. The van der Waals surface area contributed by atoms with E-state index in [-0.39, 0.29) is 11.8 Å². The molecule has 1 aliphatic heterocycles. The molecule has 1 N–H and O–H groups in total. The van der Waals surface area contributed by atoms with Crippen LogP contribution in [0.25, 0.3) is 0 Å². The highest BCUT2D eigenvalue weighted by Gasteiger charge is 2.21. The summed E-state index contributed by atoms with van der Waals surface area (Å²) < 4.78 is 4.92. The molecule has 0 bridgehead atoms. The van der Waals surface area contributed by atoms with Crippen LogP contribution in [0.4, 0.5) is 0 Å². The van der Waals surface area contributed by atoms with Crippen molar-refractivity contribution in [1.29, 1.82) is 0 Å². The third kappa shape index (κ3) is 5.34. The first-order valence-corrected chi connectivity index (χ1v) is 8.78. The molecule has 24 heavy (non-hydrogen) atoms.